The molecule has 5 rings (SSSR count). The van der Waals surface area contributed by atoms with Crippen LogP contribution >= 0.6 is 11.6 Å². The van der Waals surface area contributed by atoms with E-state index in [4.69, 9.17) is 11.6 Å². The molecule has 6 atom stereocenters. The summed E-state index contributed by atoms with van der Waals surface area (Å²) in [6, 6.07) is 4.91. The van der Waals surface area contributed by atoms with E-state index in [-0.39, 0.29) is 24.7 Å². The average molecular weight is 564 g/mol. The molecule has 2 bridgehead atoms. The van der Waals surface area contributed by atoms with Gasteiger partial charge in [0.15, 0.2) is 0 Å². The number of fused-ring (bicyclic) bond motifs is 3. The second kappa shape index (κ2) is 12.1. The summed E-state index contributed by atoms with van der Waals surface area (Å²) in [5.74, 6) is -6.18. The van der Waals surface area contributed by atoms with Crippen molar-refractivity contribution in [2.75, 3.05) is 11.9 Å². The Balaban J connectivity index is 1.58. The molecule has 0 unspecified atom stereocenters. The van der Waals surface area contributed by atoms with Gasteiger partial charge in [-0.2, -0.15) is 5.26 Å². The van der Waals surface area contributed by atoms with Crippen molar-refractivity contribution in [3.8, 4) is 6.07 Å². The molecule has 4 aliphatic rings. The molecule has 3 aliphatic heterocycles. The minimum Gasteiger partial charge on any atom is -0.374 e. The molecule has 0 spiro atoms. The first-order chi connectivity index (χ1) is 18.5. The summed E-state index contributed by atoms with van der Waals surface area (Å²) in [5.41, 5.74) is 0.616. The highest BCUT2D eigenvalue weighted by molar-refractivity contribution is 6.30. The lowest BCUT2D eigenvalue weighted by Crippen LogP contribution is -2.70. The number of rotatable bonds is 9. The molecule has 4 fully saturated rings. The van der Waals surface area contributed by atoms with Crippen molar-refractivity contribution >= 4 is 35.0 Å². The molecule has 11 heteroatoms. The maximum atomic E-state index is 15.1. The number of benzene rings is 1. The van der Waals surface area contributed by atoms with Gasteiger partial charge in [-0.05, 0) is 62.6 Å². The van der Waals surface area contributed by atoms with Crippen LogP contribution in [0.2, 0.25) is 5.02 Å². The van der Waals surface area contributed by atoms with Gasteiger partial charge in [0.2, 0.25) is 17.7 Å². The maximum absolute atomic E-state index is 15.1. The van der Waals surface area contributed by atoms with Crippen LogP contribution in [0.5, 0.6) is 0 Å². The highest BCUT2D eigenvalue weighted by atomic mass is 35.5. The Kier molecular flexibility index (Phi) is 9.00. The molecule has 1 aliphatic carbocycles. The Labute approximate surface area is 232 Å². The number of anilines is 1. The first-order valence-corrected chi connectivity index (χ1v) is 14.1. The van der Waals surface area contributed by atoms with Gasteiger partial charge >= 0.3 is 0 Å². The zero-order chi connectivity index (χ0) is 28.3. The summed E-state index contributed by atoms with van der Waals surface area (Å²) >= 11 is 6.13. The van der Waals surface area contributed by atoms with Gasteiger partial charge in [0.25, 0.3) is 5.92 Å². The van der Waals surface area contributed by atoms with Crippen LogP contribution in [0.4, 0.5) is 14.5 Å². The van der Waals surface area contributed by atoms with Crippen molar-refractivity contribution in [1.82, 2.24) is 15.5 Å². The number of carbonyl (C=O) groups excluding carboxylic acids is 3. The van der Waals surface area contributed by atoms with Crippen molar-refractivity contribution < 1.29 is 23.2 Å². The van der Waals surface area contributed by atoms with Gasteiger partial charge in [0, 0.05) is 35.6 Å². The van der Waals surface area contributed by atoms with Crippen molar-refractivity contribution in [1.29, 1.82) is 5.26 Å². The van der Waals surface area contributed by atoms with Crippen LogP contribution < -0.4 is 16.0 Å². The zero-order valence-corrected chi connectivity index (χ0v) is 23.0. The summed E-state index contributed by atoms with van der Waals surface area (Å²) < 4.78 is 30.3. The van der Waals surface area contributed by atoms with Crippen LogP contribution in [-0.2, 0) is 14.4 Å². The average Bonchev–Trinajstić information content (AvgIpc) is 2.87. The number of hydrogen-bond acceptors (Lipinski definition) is 5. The standard InChI is InChI=1S/C28H36ClF2N5O3/c1-16(2)11-23(34-19-7-3-6-18(29)13-19)27(39)36-21-8-9-22(28(30,31)14-21)24(36)26(38)35-20(15-32)12-17-5-4-10-33-25(17)37/h3,6-7,13,16-17,20-24,34H,4-5,8-12,14H2,1-2H3,(H,33,37)(H,35,38)/t17-,20+,21-,22-,23+,24+/m0/s1. The first kappa shape index (κ1) is 29.1. The van der Waals surface area contributed by atoms with E-state index < -0.39 is 60.2 Å². The van der Waals surface area contributed by atoms with Crippen LogP contribution in [0.15, 0.2) is 24.3 Å². The fourth-order valence-corrected chi connectivity index (χ4v) is 6.41. The number of carbonyl (C=O) groups is 3. The number of nitriles is 1. The van der Waals surface area contributed by atoms with Gasteiger partial charge in [-0.15, -0.1) is 0 Å². The largest absolute Gasteiger partial charge is 0.374 e. The van der Waals surface area contributed by atoms with Crippen molar-refractivity contribution in [3.63, 3.8) is 0 Å². The second-order valence-corrected chi connectivity index (χ2v) is 11.8. The number of amides is 3. The quantitative estimate of drug-likeness (QED) is 0.418. The molecule has 3 amide bonds. The number of piperidine rings is 3. The van der Waals surface area contributed by atoms with E-state index in [0.29, 0.717) is 36.5 Å². The topological polar surface area (TPSA) is 114 Å². The minimum atomic E-state index is -3.11. The Morgan fingerprint density at radius 1 is 1.28 bits per heavy atom. The highest BCUT2D eigenvalue weighted by Gasteiger charge is 2.61. The van der Waals surface area contributed by atoms with E-state index in [1.807, 2.05) is 19.9 Å². The summed E-state index contributed by atoms with van der Waals surface area (Å²) in [7, 11) is 0. The molecule has 212 valence electrons. The molecule has 0 radical (unpaired) electrons. The first-order valence-electron chi connectivity index (χ1n) is 13.7. The Hall–Kier alpha value is -2.93. The summed E-state index contributed by atoms with van der Waals surface area (Å²) in [6.45, 7) is 4.48. The van der Waals surface area contributed by atoms with Crippen LogP contribution in [0.1, 0.15) is 58.8 Å². The molecule has 0 aromatic heterocycles. The number of hydrogen-bond donors (Lipinski definition) is 3. The van der Waals surface area contributed by atoms with Gasteiger partial charge in [0.05, 0.1) is 12.0 Å². The van der Waals surface area contributed by atoms with Crippen LogP contribution in [0.25, 0.3) is 0 Å². The normalized spacial score (nSPS) is 27.3. The Morgan fingerprint density at radius 2 is 2.05 bits per heavy atom. The lowest BCUT2D eigenvalue weighted by Gasteiger charge is -2.54. The lowest BCUT2D eigenvalue weighted by atomic mass is 9.71. The van der Waals surface area contributed by atoms with Gasteiger partial charge < -0.3 is 20.9 Å². The molecule has 39 heavy (non-hydrogen) atoms. The molecule has 1 aromatic rings. The van der Waals surface area contributed by atoms with Crippen LogP contribution in [0.3, 0.4) is 0 Å². The third kappa shape index (κ3) is 6.63. The fourth-order valence-electron chi connectivity index (χ4n) is 6.22. The van der Waals surface area contributed by atoms with E-state index in [9.17, 15) is 19.6 Å². The fraction of sp³-hybridized carbons (Fsp3) is 0.643. The van der Waals surface area contributed by atoms with Crippen LogP contribution in [-0.4, -0.2) is 59.3 Å². The predicted molar refractivity (Wildman–Crippen MR) is 143 cm³/mol. The smallest absolute Gasteiger partial charge is 0.255 e. The third-order valence-corrected chi connectivity index (χ3v) is 8.26. The number of nitrogens with zero attached hydrogens (tertiary/aromatic N) is 2. The van der Waals surface area contributed by atoms with Gasteiger partial charge in [-0.1, -0.05) is 31.5 Å². The SMILES string of the molecule is CC(C)C[C@@H](Nc1cccc(Cl)c1)C(=O)N1[C@H]2CC[C@@H]([C@@H]1C(=O)N[C@@H](C#N)C[C@@H]1CCCNC1=O)C(F)(F)C2. The van der Waals surface area contributed by atoms with Gasteiger partial charge in [-0.3, -0.25) is 14.4 Å². The number of alkyl halides is 2. The molecule has 3 saturated heterocycles. The van der Waals surface area contributed by atoms with Crippen molar-refractivity contribution in [2.24, 2.45) is 17.8 Å². The van der Waals surface area contributed by atoms with Gasteiger partial charge in [-0.25, -0.2) is 8.78 Å². The Morgan fingerprint density at radius 3 is 2.69 bits per heavy atom. The molecule has 3 heterocycles. The highest BCUT2D eigenvalue weighted by Crippen LogP contribution is 2.49. The van der Waals surface area contributed by atoms with E-state index in [1.165, 1.54) is 4.90 Å². The second-order valence-electron chi connectivity index (χ2n) is 11.4. The monoisotopic (exact) mass is 563 g/mol. The van der Waals surface area contributed by atoms with E-state index in [2.05, 4.69) is 16.0 Å². The Bertz CT molecular complexity index is 1130. The minimum absolute atomic E-state index is 0.0888. The van der Waals surface area contributed by atoms with Gasteiger partial charge in [0.1, 0.15) is 18.1 Å². The number of halogens is 3. The summed E-state index contributed by atoms with van der Waals surface area (Å²) in [5, 5.41) is 18.8. The lowest BCUT2D eigenvalue weighted by molar-refractivity contribution is -0.194. The number of nitrogens with one attached hydrogen (secondary N) is 3. The van der Waals surface area contributed by atoms with Crippen molar-refractivity contribution in [2.45, 2.75) is 88.9 Å². The zero-order valence-electron chi connectivity index (χ0n) is 22.3. The molecular weight excluding hydrogens is 528 g/mol. The molecule has 1 saturated carbocycles. The summed E-state index contributed by atoms with van der Waals surface area (Å²) in [4.78, 5) is 41.2. The molecule has 3 N–H and O–H groups in total. The van der Waals surface area contributed by atoms with E-state index in [1.54, 1.807) is 24.3 Å². The summed E-state index contributed by atoms with van der Waals surface area (Å²) in [6.07, 6.45) is 1.85. The van der Waals surface area contributed by atoms with Crippen molar-refractivity contribution in [3.05, 3.63) is 29.3 Å². The predicted octanol–water partition coefficient (Wildman–Crippen LogP) is 4.11. The van der Waals surface area contributed by atoms with Crippen LogP contribution in [0, 0.1) is 29.1 Å². The van der Waals surface area contributed by atoms with E-state index >= 15 is 8.78 Å². The molecule has 1 aromatic carbocycles. The maximum Gasteiger partial charge on any atom is 0.255 e. The van der Waals surface area contributed by atoms with E-state index in [0.717, 1.165) is 6.42 Å². The molecular formula is C28H36ClF2N5O3. The molecule has 8 nitrogen and oxygen atoms in total. The third-order valence-electron chi connectivity index (χ3n) is 8.02.